The molecule has 32 heavy (non-hydrogen) atoms. The lowest BCUT2D eigenvalue weighted by atomic mass is 10.2. The van der Waals surface area contributed by atoms with Crippen molar-refractivity contribution in [1.82, 2.24) is 0 Å². The van der Waals surface area contributed by atoms with Crippen LogP contribution in [0.15, 0.2) is 48.5 Å². The zero-order valence-corrected chi connectivity index (χ0v) is 18.3. The Bertz CT molecular complexity index is 923. The number of benzene rings is 2. The average molecular weight is 440 g/mol. The minimum atomic E-state index is -0.649. The fourth-order valence-corrected chi connectivity index (χ4v) is 2.57. The van der Waals surface area contributed by atoms with Gasteiger partial charge >= 0.3 is 11.9 Å². The second kappa shape index (κ2) is 12.9. The van der Waals surface area contributed by atoms with Crippen LogP contribution in [-0.2, 0) is 23.9 Å². The molecule has 0 bridgehead atoms. The van der Waals surface area contributed by atoms with Gasteiger partial charge in [-0.1, -0.05) is 31.0 Å². The number of amides is 2. The van der Waals surface area contributed by atoms with Crippen molar-refractivity contribution >= 4 is 35.1 Å². The van der Waals surface area contributed by atoms with Gasteiger partial charge in [-0.05, 0) is 49.7 Å². The number of ether oxygens (including phenoxy) is 2. The number of anilines is 2. The van der Waals surface area contributed by atoms with Crippen molar-refractivity contribution in [3.63, 3.8) is 0 Å². The normalized spacial score (nSPS) is 10.2. The first kappa shape index (κ1) is 24.6. The number of carbonyl (C=O) groups excluding carboxylic acids is 4. The van der Waals surface area contributed by atoms with Crippen LogP contribution in [0.2, 0.25) is 0 Å². The van der Waals surface area contributed by atoms with E-state index in [0.717, 1.165) is 18.4 Å². The van der Waals surface area contributed by atoms with Crippen LogP contribution < -0.4 is 10.6 Å². The lowest BCUT2D eigenvalue weighted by Crippen LogP contribution is -2.21. The molecule has 0 aliphatic carbocycles. The molecule has 0 atom stereocenters. The van der Waals surface area contributed by atoms with Gasteiger partial charge in [-0.2, -0.15) is 0 Å². The van der Waals surface area contributed by atoms with E-state index in [1.54, 1.807) is 36.4 Å². The number of hydrogen-bond acceptors (Lipinski definition) is 6. The molecule has 2 rings (SSSR count). The summed E-state index contributed by atoms with van der Waals surface area (Å²) in [5.41, 5.74) is 2.56. The van der Waals surface area contributed by atoms with Gasteiger partial charge in [-0.15, -0.1) is 0 Å². The largest absolute Gasteiger partial charge is 0.462 e. The highest BCUT2D eigenvalue weighted by atomic mass is 16.5. The second-order valence-corrected chi connectivity index (χ2v) is 7.19. The summed E-state index contributed by atoms with van der Waals surface area (Å²) in [5.74, 6) is -1.91. The number of aryl methyl sites for hydroxylation is 1. The number of esters is 2. The lowest BCUT2D eigenvalue weighted by molar-refractivity contribution is -0.147. The van der Waals surface area contributed by atoms with E-state index in [9.17, 15) is 19.2 Å². The summed E-state index contributed by atoms with van der Waals surface area (Å²) in [5, 5.41) is 5.26. The molecule has 0 saturated heterocycles. The molecule has 2 aromatic carbocycles. The third-order valence-electron chi connectivity index (χ3n) is 4.39. The van der Waals surface area contributed by atoms with Crippen LogP contribution in [0.4, 0.5) is 11.4 Å². The summed E-state index contributed by atoms with van der Waals surface area (Å²) in [6.45, 7) is 3.84. The van der Waals surface area contributed by atoms with Crippen molar-refractivity contribution in [3.8, 4) is 0 Å². The Hall–Kier alpha value is -3.68. The SMILES string of the molecule is CCCCOC(=O)c1ccc(NC(=O)COC(=O)CCC(=O)Nc2ccc(C)cc2)cc1. The molecule has 170 valence electrons. The highest BCUT2D eigenvalue weighted by Gasteiger charge is 2.12. The Kier molecular flexibility index (Phi) is 9.90. The topological polar surface area (TPSA) is 111 Å². The molecule has 0 aliphatic rings. The molecule has 0 saturated carbocycles. The zero-order chi connectivity index (χ0) is 23.3. The van der Waals surface area contributed by atoms with E-state index in [0.29, 0.717) is 23.5 Å². The van der Waals surface area contributed by atoms with Crippen LogP contribution in [0.1, 0.15) is 48.5 Å². The van der Waals surface area contributed by atoms with Crippen LogP contribution in [0.3, 0.4) is 0 Å². The van der Waals surface area contributed by atoms with Crippen molar-refractivity contribution in [3.05, 3.63) is 59.7 Å². The van der Waals surface area contributed by atoms with E-state index in [-0.39, 0.29) is 18.7 Å². The molecule has 8 nitrogen and oxygen atoms in total. The van der Waals surface area contributed by atoms with Crippen molar-refractivity contribution in [2.45, 2.75) is 39.5 Å². The maximum atomic E-state index is 12.0. The number of rotatable bonds is 11. The van der Waals surface area contributed by atoms with Crippen molar-refractivity contribution in [2.75, 3.05) is 23.8 Å². The average Bonchev–Trinajstić information content (AvgIpc) is 2.78. The molecule has 2 amide bonds. The summed E-state index contributed by atoms with van der Waals surface area (Å²) >= 11 is 0. The van der Waals surface area contributed by atoms with Gasteiger partial charge in [0.05, 0.1) is 18.6 Å². The van der Waals surface area contributed by atoms with Crippen LogP contribution in [-0.4, -0.2) is 37.0 Å². The number of nitrogens with one attached hydrogen (secondary N) is 2. The summed E-state index contributed by atoms with van der Waals surface area (Å²) in [7, 11) is 0. The van der Waals surface area contributed by atoms with Gasteiger partial charge in [0.1, 0.15) is 0 Å². The van der Waals surface area contributed by atoms with Gasteiger partial charge in [0, 0.05) is 17.8 Å². The van der Waals surface area contributed by atoms with Gasteiger partial charge in [0.25, 0.3) is 5.91 Å². The van der Waals surface area contributed by atoms with Crippen LogP contribution in [0.5, 0.6) is 0 Å². The molecule has 0 heterocycles. The number of hydrogen-bond donors (Lipinski definition) is 2. The van der Waals surface area contributed by atoms with E-state index >= 15 is 0 Å². The first-order valence-corrected chi connectivity index (χ1v) is 10.5. The second-order valence-electron chi connectivity index (χ2n) is 7.19. The smallest absolute Gasteiger partial charge is 0.338 e. The lowest BCUT2D eigenvalue weighted by Gasteiger charge is -2.08. The molecule has 2 N–H and O–H groups in total. The highest BCUT2D eigenvalue weighted by Crippen LogP contribution is 2.12. The number of unbranched alkanes of at least 4 members (excludes halogenated alkanes) is 1. The first-order chi connectivity index (χ1) is 15.4. The molecule has 0 aromatic heterocycles. The predicted molar refractivity (Wildman–Crippen MR) is 120 cm³/mol. The third kappa shape index (κ3) is 8.99. The van der Waals surface area contributed by atoms with Crippen LogP contribution in [0, 0.1) is 6.92 Å². The summed E-state index contributed by atoms with van der Waals surface area (Å²) in [4.78, 5) is 47.5. The monoisotopic (exact) mass is 440 g/mol. The van der Waals surface area contributed by atoms with Crippen LogP contribution >= 0.6 is 0 Å². The molecule has 0 radical (unpaired) electrons. The van der Waals surface area contributed by atoms with E-state index in [1.165, 1.54) is 0 Å². The molecule has 0 aliphatic heterocycles. The van der Waals surface area contributed by atoms with E-state index in [4.69, 9.17) is 9.47 Å². The Morgan fingerprint density at radius 1 is 0.781 bits per heavy atom. The molecule has 8 heteroatoms. The maximum absolute atomic E-state index is 12.0. The van der Waals surface area contributed by atoms with Crippen LogP contribution in [0.25, 0.3) is 0 Å². The highest BCUT2D eigenvalue weighted by molar-refractivity contribution is 5.95. The Morgan fingerprint density at radius 2 is 1.38 bits per heavy atom. The molecule has 0 fully saturated rings. The predicted octanol–water partition coefficient (Wildman–Crippen LogP) is 3.85. The van der Waals surface area contributed by atoms with E-state index < -0.39 is 24.5 Å². The van der Waals surface area contributed by atoms with Gasteiger partial charge < -0.3 is 20.1 Å². The number of carbonyl (C=O) groups is 4. The van der Waals surface area contributed by atoms with E-state index in [1.807, 2.05) is 26.0 Å². The quantitative estimate of drug-likeness (QED) is 0.406. The fraction of sp³-hybridized carbons (Fsp3) is 0.333. The molecular formula is C24H28N2O6. The van der Waals surface area contributed by atoms with Crippen molar-refractivity contribution in [1.29, 1.82) is 0 Å². The van der Waals surface area contributed by atoms with Gasteiger partial charge in [0.15, 0.2) is 6.61 Å². The maximum Gasteiger partial charge on any atom is 0.338 e. The Labute approximate surface area is 187 Å². The summed E-state index contributed by atoms with van der Waals surface area (Å²) < 4.78 is 10.0. The Morgan fingerprint density at radius 3 is 2.00 bits per heavy atom. The van der Waals surface area contributed by atoms with Gasteiger partial charge in [-0.25, -0.2) is 4.79 Å². The summed E-state index contributed by atoms with van der Waals surface area (Å²) in [6.07, 6.45) is 1.55. The Balaban J connectivity index is 1.67. The minimum absolute atomic E-state index is 0.0514. The van der Waals surface area contributed by atoms with E-state index in [2.05, 4.69) is 10.6 Å². The van der Waals surface area contributed by atoms with Crippen molar-refractivity contribution < 1.29 is 28.7 Å². The fourth-order valence-electron chi connectivity index (χ4n) is 2.57. The zero-order valence-electron chi connectivity index (χ0n) is 18.3. The standard InChI is InChI=1S/C24H28N2O6/c1-3-4-15-31-24(30)18-7-11-20(12-8-18)26-22(28)16-32-23(29)14-13-21(27)25-19-9-5-17(2)6-10-19/h5-12H,3-4,13-16H2,1-2H3,(H,25,27)(H,26,28). The first-order valence-electron chi connectivity index (χ1n) is 10.5. The molecule has 0 spiro atoms. The molecular weight excluding hydrogens is 412 g/mol. The molecule has 0 unspecified atom stereocenters. The van der Waals surface area contributed by atoms with Gasteiger partial charge in [-0.3, -0.25) is 14.4 Å². The third-order valence-corrected chi connectivity index (χ3v) is 4.39. The molecule has 2 aromatic rings. The van der Waals surface area contributed by atoms with Crippen molar-refractivity contribution in [2.24, 2.45) is 0 Å². The minimum Gasteiger partial charge on any atom is -0.462 e. The van der Waals surface area contributed by atoms with Gasteiger partial charge in [0.2, 0.25) is 5.91 Å². The summed E-state index contributed by atoms with van der Waals surface area (Å²) in [6, 6.07) is 13.5.